The van der Waals surface area contributed by atoms with E-state index in [0.717, 1.165) is 5.56 Å². The summed E-state index contributed by atoms with van der Waals surface area (Å²) >= 11 is 0. The molecule has 20 heavy (non-hydrogen) atoms. The van der Waals surface area contributed by atoms with Crippen LogP contribution in [0.5, 0.6) is 0 Å². The van der Waals surface area contributed by atoms with Crippen molar-refractivity contribution in [2.45, 2.75) is 19.4 Å². The van der Waals surface area contributed by atoms with Gasteiger partial charge in [0.1, 0.15) is 5.82 Å². The third kappa shape index (κ3) is 3.44. The summed E-state index contributed by atoms with van der Waals surface area (Å²) in [6.07, 6.45) is 4.44. The number of carbonyl (C=O) groups excluding carboxylic acids is 1. The van der Waals surface area contributed by atoms with Crippen LogP contribution in [0.25, 0.3) is 0 Å². The lowest BCUT2D eigenvalue weighted by Crippen LogP contribution is -2.38. The van der Waals surface area contributed by atoms with Gasteiger partial charge in [-0.05, 0) is 30.5 Å². The molecule has 0 bridgehead atoms. The fraction of sp³-hybridized carbons (Fsp3) is 0.333. The number of benzene rings is 1. The lowest BCUT2D eigenvalue weighted by molar-refractivity contribution is -0.147. The van der Waals surface area contributed by atoms with Crippen LogP contribution in [0.2, 0.25) is 0 Å². The van der Waals surface area contributed by atoms with Crippen LogP contribution in [-0.2, 0) is 16.1 Å². The molecule has 1 aliphatic carbocycles. The molecular formula is C15H16FNO3. The Balaban J connectivity index is 1.95. The van der Waals surface area contributed by atoms with Gasteiger partial charge in [0.2, 0.25) is 5.91 Å². The number of aliphatic carboxylic acids is 1. The maximum atomic E-state index is 12.8. The van der Waals surface area contributed by atoms with Gasteiger partial charge in [-0.3, -0.25) is 9.59 Å². The molecule has 0 spiro atoms. The molecule has 1 aromatic rings. The Morgan fingerprint density at radius 3 is 2.35 bits per heavy atom. The van der Waals surface area contributed by atoms with E-state index in [1.165, 1.54) is 12.1 Å². The molecule has 0 heterocycles. The molecule has 2 atom stereocenters. The second-order valence-corrected chi connectivity index (χ2v) is 4.84. The maximum absolute atomic E-state index is 12.8. The highest BCUT2D eigenvalue weighted by molar-refractivity contribution is 5.85. The Hall–Kier alpha value is -2.17. The van der Waals surface area contributed by atoms with Crippen molar-refractivity contribution >= 4 is 11.9 Å². The van der Waals surface area contributed by atoms with Crippen LogP contribution in [0.4, 0.5) is 4.39 Å². The van der Waals surface area contributed by atoms with Gasteiger partial charge in [0.05, 0.1) is 11.8 Å². The second kappa shape index (κ2) is 6.32. The van der Waals surface area contributed by atoms with Crippen molar-refractivity contribution in [1.29, 1.82) is 0 Å². The quantitative estimate of drug-likeness (QED) is 0.828. The standard InChI is InChI=1S/C15H16FNO3/c16-11-7-5-10(6-8-11)9-17-14(18)12-3-1-2-4-13(12)15(19)20/h1-2,5-8,12-13H,3-4,9H2,(H,17,18)(H,19,20). The third-order valence-electron chi connectivity index (χ3n) is 3.47. The predicted octanol–water partition coefficient (Wildman–Crippen LogP) is 2.11. The summed E-state index contributed by atoms with van der Waals surface area (Å²) < 4.78 is 12.8. The Morgan fingerprint density at radius 1 is 1.15 bits per heavy atom. The average Bonchev–Trinajstić information content (AvgIpc) is 2.46. The van der Waals surface area contributed by atoms with E-state index in [1.54, 1.807) is 18.2 Å². The van der Waals surface area contributed by atoms with Gasteiger partial charge >= 0.3 is 5.97 Å². The van der Waals surface area contributed by atoms with E-state index in [4.69, 9.17) is 5.11 Å². The summed E-state index contributed by atoms with van der Waals surface area (Å²) in [4.78, 5) is 23.2. The highest BCUT2D eigenvalue weighted by Gasteiger charge is 2.33. The Kier molecular flexibility index (Phi) is 4.50. The zero-order valence-corrected chi connectivity index (χ0v) is 10.9. The van der Waals surface area contributed by atoms with Crippen LogP contribution in [0.15, 0.2) is 36.4 Å². The first-order valence-electron chi connectivity index (χ1n) is 6.48. The molecular weight excluding hydrogens is 261 g/mol. The van der Waals surface area contributed by atoms with Gasteiger partial charge in [0.15, 0.2) is 0 Å². The first kappa shape index (κ1) is 14.2. The molecule has 2 N–H and O–H groups in total. The first-order chi connectivity index (χ1) is 9.58. The van der Waals surface area contributed by atoms with Gasteiger partial charge in [-0.2, -0.15) is 0 Å². The molecule has 0 aromatic heterocycles. The normalized spacial score (nSPS) is 21.4. The fourth-order valence-electron chi connectivity index (χ4n) is 2.30. The van der Waals surface area contributed by atoms with Gasteiger partial charge < -0.3 is 10.4 Å². The summed E-state index contributed by atoms with van der Waals surface area (Å²) in [5.74, 6) is -2.77. The molecule has 4 nitrogen and oxygen atoms in total. The summed E-state index contributed by atoms with van der Waals surface area (Å²) in [7, 11) is 0. The minimum Gasteiger partial charge on any atom is -0.481 e. The van der Waals surface area contributed by atoms with Crippen molar-refractivity contribution in [3.63, 3.8) is 0 Å². The smallest absolute Gasteiger partial charge is 0.307 e. The molecule has 1 aliphatic rings. The molecule has 0 saturated heterocycles. The number of allylic oxidation sites excluding steroid dienone is 2. The molecule has 2 unspecified atom stereocenters. The van der Waals surface area contributed by atoms with E-state index < -0.39 is 17.8 Å². The van der Waals surface area contributed by atoms with Gasteiger partial charge in [0, 0.05) is 6.54 Å². The summed E-state index contributed by atoms with van der Waals surface area (Å²) in [5.41, 5.74) is 0.776. The molecule has 106 valence electrons. The number of halogens is 1. The van der Waals surface area contributed by atoms with Crippen molar-refractivity contribution in [3.8, 4) is 0 Å². The lowest BCUT2D eigenvalue weighted by Gasteiger charge is -2.24. The Bertz CT molecular complexity index is 524. The van der Waals surface area contributed by atoms with Gasteiger partial charge in [-0.25, -0.2) is 4.39 Å². The molecule has 0 saturated carbocycles. The molecule has 1 aromatic carbocycles. The number of carboxylic acid groups (broad SMARTS) is 1. The van der Waals surface area contributed by atoms with E-state index in [0.29, 0.717) is 12.8 Å². The minimum absolute atomic E-state index is 0.270. The zero-order chi connectivity index (χ0) is 14.5. The topological polar surface area (TPSA) is 66.4 Å². The summed E-state index contributed by atoms with van der Waals surface area (Å²) in [6, 6.07) is 5.83. The van der Waals surface area contributed by atoms with Crippen molar-refractivity contribution in [2.75, 3.05) is 0 Å². The monoisotopic (exact) mass is 277 g/mol. The molecule has 2 rings (SSSR count). The highest BCUT2D eigenvalue weighted by Crippen LogP contribution is 2.26. The van der Waals surface area contributed by atoms with Crippen LogP contribution in [0, 0.1) is 17.7 Å². The molecule has 1 amide bonds. The van der Waals surface area contributed by atoms with Crippen molar-refractivity contribution < 1.29 is 19.1 Å². The van der Waals surface area contributed by atoms with E-state index in [9.17, 15) is 14.0 Å². The van der Waals surface area contributed by atoms with Crippen LogP contribution in [-0.4, -0.2) is 17.0 Å². The number of hydrogen-bond acceptors (Lipinski definition) is 2. The SMILES string of the molecule is O=C(O)C1CC=CCC1C(=O)NCc1ccc(F)cc1. The van der Waals surface area contributed by atoms with Crippen LogP contribution < -0.4 is 5.32 Å². The lowest BCUT2D eigenvalue weighted by atomic mass is 9.82. The summed E-state index contributed by atoms with van der Waals surface area (Å²) in [5, 5.41) is 11.8. The predicted molar refractivity (Wildman–Crippen MR) is 71.2 cm³/mol. The van der Waals surface area contributed by atoms with Crippen LogP contribution in [0.3, 0.4) is 0 Å². The zero-order valence-electron chi connectivity index (χ0n) is 10.9. The first-order valence-corrected chi connectivity index (χ1v) is 6.48. The molecule has 0 fully saturated rings. The highest BCUT2D eigenvalue weighted by atomic mass is 19.1. The van der Waals surface area contributed by atoms with Gasteiger partial charge in [0.25, 0.3) is 0 Å². The van der Waals surface area contributed by atoms with E-state index >= 15 is 0 Å². The molecule has 0 aliphatic heterocycles. The number of carbonyl (C=O) groups is 2. The molecule has 5 heteroatoms. The van der Waals surface area contributed by atoms with Crippen molar-refractivity contribution in [3.05, 3.63) is 47.8 Å². The van der Waals surface area contributed by atoms with Gasteiger partial charge in [-0.1, -0.05) is 24.3 Å². The van der Waals surface area contributed by atoms with Crippen LogP contribution >= 0.6 is 0 Å². The van der Waals surface area contributed by atoms with Crippen LogP contribution in [0.1, 0.15) is 18.4 Å². The Labute approximate surface area is 116 Å². The average molecular weight is 277 g/mol. The van der Waals surface area contributed by atoms with E-state index in [-0.39, 0.29) is 18.3 Å². The summed E-state index contributed by atoms with van der Waals surface area (Å²) in [6.45, 7) is 0.270. The van der Waals surface area contributed by atoms with Crippen molar-refractivity contribution in [2.24, 2.45) is 11.8 Å². The minimum atomic E-state index is -0.948. The third-order valence-corrected chi connectivity index (χ3v) is 3.47. The maximum Gasteiger partial charge on any atom is 0.307 e. The van der Waals surface area contributed by atoms with Crippen molar-refractivity contribution in [1.82, 2.24) is 5.32 Å². The van der Waals surface area contributed by atoms with Gasteiger partial charge in [-0.15, -0.1) is 0 Å². The number of nitrogens with one attached hydrogen (secondary N) is 1. The second-order valence-electron chi connectivity index (χ2n) is 4.84. The fourth-order valence-corrected chi connectivity index (χ4v) is 2.30. The number of rotatable bonds is 4. The number of hydrogen-bond donors (Lipinski definition) is 2. The number of amides is 1. The Morgan fingerprint density at radius 2 is 1.75 bits per heavy atom. The van der Waals surface area contributed by atoms with E-state index in [2.05, 4.69) is 5.32 Å². The largest absolute Gasteiger partial charge is 0.481 e. The number of carboxylic acids is 1. The molecule has 0 radical (unpaired) electrons. The van der Waals surface area contributed by atoms with E-state index in [1.807, 2.05) is 6.08 Å².